The number of guanidine groups is 1. The van der Waals surface area contributed by atoms with Gasteiger partial charge < -0.3 is 21.9 Å². The number of carbonyl (C=O) groups excluding carboxylic acids is 1. The fourth-order valence-corrected chi connectivity index (χ4v) is 1.66. The summed E-state index contributed by atoms with van der Waals surface area (Å²) in [6, 6.07) is 13.6. The first-order valence-electron chi connectivity index (χ1n) is 6.51. The molecule has 1 amide bonds. The van der Waals surface area contributed by atoms with E-state index in [2.05, 4.69) is 10.3 Å². The van der Waals surface area contributed by atoms with Gasteiger partial charge in [-0.3, -0.25) is 5.32 Å². The molecule has 0 heterocycles. The van der Waals surface area contributed by atoms with Crippen LogP contribution in [0.15, 0.2) is 53.5 Å². The van der Waals surface area contributed by atoms with Crippen LogP contribution in [0.1, 0.15) is 5.56 Å². The van der Waals surface area contributed by atoms with Gasteiger partial charge in [0.1, 0.15) is 5.75 Å². The Morgan fingerprint density at radius 3 is 2.27 bits per heavy atom. The summed E-state index contributed by atoms with van der Waals surface area (Å²) in [6.45, 7) is 0.387. The lowest BCUT2D eigenvalue weighted by Gasteiger charge is -2.07. The van der Waals surface area contributed by atoms with Crippen molar-refractivity contribution in [1.29, 1.82) is 0 Å². The maximum Gasteiger partial charge on any atom is 0.417 e. The molecule has 0 atom stereocenters. The van der Waals surface area contributed by atoms with Gasteiger partial charge in [0.15, 0.2) is 5.96 Å². The number of amides is 1. The van der Waals surface area contributed by atoms with Crippen molar-refractivity contribution in [1.82, 2.24) is 0 Å². The van der Waals surface area contributed by atoms with Crippen molar-refractivity contribution in [2.45, 2.75) is 6.54 Å². The molecule has 0 saturated heterocycles. The molecule has 7 N–H and O–H groups in total. The fourth-order valence-electron chi connectivity index (χ4n) is 1.66. The number of anilines is 2. The molecule has 2 aromatic carbocycles. The first-order valence-corrected chi connectivity index (χ1v) is 6.51. The molecule has 0 unspecified atom stereocenters. The number of hydrogen-bond acceptors (Lipinski definition) is 4. The van der Waals surface area contributed by atoms with Crippen molar-refractivity contribution in [3.8, 4) is 5.75 Å². The van der Waals surface area contributed by atoms with E-state index in [1.807, 2.05) is 12.1 Å². The number of hydrogen-bond donors (Lipinski definition) is 4. The zero-order valence-electron chi connectivity index (χ0n) is 11.8. The van der Waals surface area contributed by atoms with E-state index in [1.54, 1.807) is 36.4 Å². The van der Waals surface area contributed by atoms with Crippen LogP contribution in [-0.4, -0.2) is 12.1 Å². The highest BCUT2D eigenvalue weighted by Crippen LogP contribution is 2.15. The number of nitrogens with two attached hydrogens (primary N) is 3. The van der Waals surface area contributed by atoms with E-state index in [9.17, 15) is 4.79 Å². The van der Waals surface area contributed by atoms with E-state index in [1.165, 1.54) is 0 Å². The summed E-state index contributed by atoms with van der Waals surface area (Å²) in [5.74, 6) is 0.449. The van der Waals surface area contributed by atoms with E-state index in [-0.39, 0.29) is 5.96 Å². The lowest BCUT2D eigenvalue weighted by Crippen LogP contribution is -2.22. The average Bonchev–Trinajstić information content (AvgIpc) is 2.49. The van der Waals surface area contributed by atoms with Gasteiger partial charge in [-0.1, -0.05) is 12.1 Å². The minimum absolute atomic E-state index is 0.0364. The topological polar surface area (TPSA) is 129 Å². The Kier molecular flexibility index (Phi) is 4.81. The number of aliphatic imine (C=N–C) groups is 1. The summed E-state index contributed by atoms with van der Waals surface area (Å²) >= 11 is 0. The van der Waals surface area contributed by atoms with Crippen LogP contribution in [0.25, 0.3) is 0 Å². The quantitative estimate of drug-likeness (QED) is 0.387. The molecule has 0 aliphatic heterocycles. The van der Waals surface area contributed by atoms with Crippen molar-refractivity contribution < 1.29 is 9.53 Å². The monoisotopic (exact) mass is 299 g/mol. The van der Waals surface area contributed by atoms with Crippen LogP contribution in [0.3, 0.4) is 0 Å². The number of nitrogens with one attached hydrogen (secondary N) is 1. The van der Waals surface area contributed by atoms with E-state index >= 15 is 0 Å². The Balaban J connectivity index is 1.91. The lowest BCUT2D eigenvalue weighted by atomic mass is 10.2. The Hall–Kier alpha value is -3.22. The minimum Gasteiger partial charge on any atom is -0.410 e. The van der Waals surface area contributed by atoms with Crippen LogP contribution in [-0.2, 0) is 6.54 Å². The second-order valence-corrected chi connectivity index (χ2v) is 4.52. The molecule has 22 heavy (non-hydrogen) atoms. The summed E-state index contributed by atoms with van der Waals surface area (Å²) in [4.78, 5) is 15.6. The maximum absolute atomic E-state index is 11.7. The molecule has 0 aliphatic carbocycles. The summed E-state index contributed by atoms with van der Waals surface area (Å²) in [5.41, 5.74) is 18.2. The smallest absolute Gasteiger partial charge is 0.410 e. The van der Waals surface area contributed by atoms with Crippen molar-refractivity contribution in [2.24, 2.45) is 16.5 Å². The molecule has 0 fully saturated rings. The van der Waals surface area contributed by atoms with Gasteiger partial charge in [0, 0.05) is 11.4 Å². The van der Waals surface area contributed by atoms with Crippen molar-refractivity contribution in [3.63, 3.8) is 0 Å². The predicted molar refractivity (Wildman–Crippen MR) is 86.5 cm³/mol. The highest BCUT2D eigenvalue weighted by atomic mass is 16.6. The second-order valence-electron chi connectivity index (χ2n) is 4.52. The third kappa shape index (κ3) is 4.71. The van der Waals surface area contributed by atoms with Crippen LogP contribution in [0.4, 0.5) is 16.2 Å². The van der Waals surface area contributed by atoms with Crippen molar-refractivity contribution in [2.75, 3.05) is 11.1 Å². The zero-order chi connectivity index (χ0) is 15.9. The third-order valence-electron chi connectivity index (χ3n) is 2.74. The SMILES string of the molecule is NC(N)=NCc1ccc(NC(=O)Oc2ccc(N)cc2)cc1. The molecule has 0 aliphatic rings. The Morgan fingerprint density at radius 1 is 1.05 bits per heavy atom. The largest absolute Gasteiger partial charge is 0.417 e. The Labute approximate surface area is 127 Å². The molecule has 114 valence electrons. The molecule has 7 nitrogen and oxygen atoms in total. The van der Waals surface area contributed by atoms with Crippen LogP contribution in [0, 0.1) is 0 Å². The van der Waals surface area contributed by atoms with Gasteiger partial charge in [0.2, 0.25) is 0 Å². The highest BCUT2D eigenvalue weighted by molar-refractivity contribution is 5.86. The Bertz CT molecular complexity index is 661. The molecule has 0 radical (unpaired) electrons. The van der Waals surface area contributed by atoms with Gasteiger partial charge in [-0.2, -0.15) is 0 Å². The molecular weight excluding hydrogens is 282 g/mol. The zero-order valence-corrected chi connectivity index (χ0v) is 11.8. The summed E-state index contributed by atoms with van der Waals surface area (Å²) in [5, 5.41) is 2.62. The van der Waals surface area contributed by atoms with Crippen LogP contribution >= 0.6 is 0 Å². The second kappa shape index (κ2) is 6.98. The minimum atomic E-state index is -0.582. The average molecular weight is 299 g/mol. The van der Waals surface area contributed by atoms with Gasteiger partial charge in [0.05, 0.1) is 6.54 Å². The first kappa shape index (κ1) is 15.2. The molecule has 2 aromatic rings. The number of nitrogens with zero attached hydrogens (tertiary/aromatic N) is 1. The number of benzene rings is 2. The van der Waals surface area contributed by atoms with Crippen LogP contribution in [0.5, 0.6) is 5.75 Å². The first-order chi connectivity index (χ1) is 10.5. The normalized spacial score (nSPS) is 9.82. The van der Waals surface area contributed by atoms with Crippen molar-refractivity contribution in [3.05, 3.63) is 54.1 Å². The van der Waals surface area contributed by atoms with Gasteiger partial charge in [0.25, 0.3) is 0 Å². The summed E-state index contributed by atoms with van der Waals surface area (Å²) in [7, 11) is 0. The van der Waals surface area contributed by atoms with Gasteiger partial charge in [-0.15, -0.1) is 0 Å². The van der Waals surface area contributed by atoms with Crippen molar-refractivity contribution >= 4 is 23.4 Å². The van der Waals surface area contributed by atoms with Crippen LogP contribution in [0.2, 0.25) is 0 Å². The summed E-state index contributed by atoms with van der Waals surface area (Å²) in [6.07, 6.45) is -0.582. The fraction of sp³-hybridized carbons (Fsp3) is 0.0667. The summed E-state index contributed by atoms with van der Waals surface area (Å²) < 4.78 is 5.12. The van der Waals surface area contributed by atoms with Gasteiger partial charge >= 0.3 is 6.09 Å². The molecule has 7 heteroatoms. The highest BCUT2D eigenvalue weighted by Gasteiger charge is 2.05. The van der Waals surface area contributed by atoms with E-state index in [0.29, 0.717) is 23.7 Å². The lowest BCUT2D eigenvalue weighted by molar-refractivity contribution is 0.215. The van der Waals surface area contributed by atoms with E-state index < -0.39 is 6.09 Å². The van der Waals surface area contributed by atoms with Crippen LogP contribution < -0.4 is 27.3 Å². The standard InChI is InChI=1S/C15H17N5O2/c16-11-3-7-13(8-4-11)22-15(21)20-12-5-1-10(2-6-12)9-19-14(17)18/h1-8H,9,16H2,(H,20,21)(H4,17,18,19). The van der Waals surface area contributed by atoms with E-state index in [0.717, 1.165) is 5.56 Å². The molecule has 2 rings (SSSR count). The predicted octanol–water partition coefficient (Wildman–Crippen LogP) is 1.65. The number of nitrogen functional groups attached to an aromatic ring is 1. The molecule has 0 aromatic heterocycles. The number of ether oxygens (including phenoxy) is 1. The van der Waals surface area contributed by atoms with E-state index in [4.69, 9.17) is 21.9 Å². The third-order valence-corrected chi connectivity index (χ3v) is 2.74. The molecule has 0 bridgehead atoms. The Morgan fingerprint density at radius 2 is 1.68 bits per heavy atom. The molecule has 0 saturated carbocycles. The molecular formula is C15H17N5O2. The van der Waals surface area contributed by atoms with Gasteiger partial charge in [-0.05, 0) is 42.0 Å². The van der Waals surface area contributed by atoms with Gasteiger partial charge in [-0.25, -0.2) is 9.79 Å². The maximum atomic E-state index is 11.7. The number of carbonyl (C=O) groups is 1. The number of rotatable bonds is 4. The molecule has 0 spiro atoms.